The lowest BCUT2D eigenvalue weighted by atomic mass is 9.33. The van der Waals surface area contributed by atoms with Gasteiger partial charge >= 0.3 is 5.97 Å². The van der Waals surface area contributed by atoms with Gasteiger partial charge in [-0.2, -0.15) is 0 Å². The fourth-order valence-corrected chi connectivity index (χ4v) is 13.0. The highest BCUT2D eigenvalue weighted by molar-refractivity contribution is 5.76. The first-order valence-electron chi connectivity index (χ1n) is 19.6. The van der Waals surface area contributed by atoms with E-state index in [-0.39, 0.29) is 59.2 Å². The molecule has 7 rings (SSSR count). The Hall–Kier alpha value is -1.89. The second-order valence-corrected chi connectivity index (χ2v) is 19.0. The van der Waals surface area contributed by atoms with E-state index < -0.39 is 53.6 Å². The molecule has 10 nitrogen and oxygen atoms in total. The van der Waals surface area contributed by atoms with Crippen LogP contribution < -0.4 is 0 Å². The molecule has 0 aromatic heterocycles. The van der Waals surface area contributed by atoms with E-state index in [0.29, 0.717) is 38.7 Å². The number of carbonyl (C=O) groups is 1. The van der Waals surface area contributed by atoms with Crippen molar-refractivity contribution in [3.63, 3.8) is 0 Å². The van der Waals surface area contributed by atoms with Crippen molar-refractivity contribution in [2.24, 2.45) is 50.2 Å². The molecule has 0 spiro atoms. The minimum atomic E-state index is -1.47. The Bertz CT molecular complexity index is 1520. The summed E-state index contributed by atoms with van der Waals surface area (Å²) in [6.45, 7) is 11.4. The molecule has 0 amide bonds. The zero-order valence-electron chi connectivity index (χ0n) is 31.7. The Morgan fingerprint density at radius 2 is 1.60 bits per heavy atom. The SMILES string of the molecule is CC1(CO)CCC2(C(=O)O)CCC3(C)C(=CCC4C5(C)CC(OCc6ccccc6)C(OC6OCC(O)C(O)C6O)C(C)(CO)C5CCC43C)C2C1. The maximum atomic E-state index is 13.1. The molecule has 4 saturated carbocycles. The summed E-state index contributed by atoms with van der Waals surface area (Å²) >= 11 is 0. The molecule has 1 heterocycles. The second-order valence-electron chi connectivity index (χ2n) is 19.0. The number of rotatable bonds is 8. The molecule has 15 unspecified atom stereocenters. The maximum absolute atomic E-state index is 13.1. The van der Waals surface area contributed by atoms with E-state index >= 15 is 0 Å². The van der Waals surface area contributed by atoms with Gasteiger partial charge < -0.3 is 44.8 Å². The zero-order valence-corrected chi connectivity index (χ0v) is 31.7. The first-order valence-corrected chi connectivity index (χ1v) is 19.6. The molecular weight excluding hydrogens is 664 g/mol. The highest BCUT2D eigenvalue weighted by Gasteiger charge is 2.71. The summed E-state index contributed by atoms with van der Waals surface area (Å²) < 4.78 is 19.2. The van der Waals surface area contributed by atoms with Gasteiger partial charge in [-0.1, -0.05) is 76.6 Å². The normalized spacial score (nSPS) is 50.2. The molecule has 0 bridgehead atoms. The van der Waals surface area contributed by atoms with Crippen LogP contribution in [0.15, 0.2) is 42.0 Å². The number of fused-ring (bicyclic) bond motifs is 7. The van der Waals surface area contributed by atoms with Crippen LogP contribution in [-0.2, 0) is 25.6 Å². The van der Waals surface area contributed by atoms with Crippen LogP contribution >= 0.6 is 0 Å². The standard InChI is InChI=1S/C42H62O10/c1-37(23-43)15-17-42(36(48)49)18-16-40(4)26(27(42)19-37)11-12-31-38(2)20-29(50-21-25-9-7-6-8-10-25)34(52-35-33(47)32(46)28(45)22-51-35)39(3,24-44)30(38)13-14-41(31,40)5/h6-11,27-35,43-47H,12-24H2,1-5H3,(H,48,49). The second kappa shape index (κ2) is 13.4. The van der Waals surface area contributed by atoms with Crippen molar-refractivity contribution in [1.82, 2.24) is 0 Å². The van der Waals surface area contributed by atoms with Crippen LogP contribution in [0.5, 0.6) is 0 Å². The lowest BCUT2D eigenvalue weighted by Crippen LogP contribution is -2.69. The van der Waals surface area contributed by atoms with E-state index in [0.717, 1.165) is 31.2 Å². The van der Waals surface area contributed by atoms with Gasteiger partial charge in [0.25, 0.3) is 0 Å². The van der Waals surface area contributed by atoms with E-state index in [1.54, 1.807) is 0 Å². The number of hydrogen-bond acceptors (Lipinski definition) is 9. The van der Waals surface area contributed by atoms with E-state index in [2.05, 4.69) is 40.7 Å². The molecule has 0 radical (unpaired) electrons. The van der Waals surface area contributed by atoms with E-state index in [1.165, 1.54) is 5.57 Å². The van der Waals surface area contributed by atoms with Crippen molar-refractivity contribution in [3.05, 3.63) is 47.5 Å². The molecule has 1 aromatic rings. The molecule has 1 aliphatic heterocycles. The lowest BCUT2D eigenvalue weighted by Gasteiger charge is -2.72. The smallest absolute Gasteiger partial charge is 0.310 e. The Balaban J connectivity index is 1.27. The van der Waals surface area contributed by atoms with Crippen molar-refractivity contribution in [1.29, 1.82) is 0 Å². The van der Waals surface area contributed by atoms with Crippen LogP contribution in [0.2, 0.25) is 0 Å². The van der Waals surface area contributed by atoms with Gasteiger partial charge in [-0.15, -0.1) is 0 Å². The Kier molecular flexibility index (Phi) is 9.89. The summed E-state index contributed by atoms with van der Waals surface area (Å²) in [4.78, 5) is 13.1. The first kappa shape index (κ1) is 38.4. The predicted octanol–water partition coefficient (Wildman–Crippen LogP) is 4.84. The van der Waals surface area contributed by atoms with E-state index in [1.807, 2.05) is 30.3 Å². The average Bonchev–Trinajstić information content (AvgIpc) is 3.12. The molecule has 6 N–H and O–H groups in total. The summed E-state index contributed by atoms with van der Waals surface area (Å²) in [5, 5.41) is 64.3. The van der Waals surface area contributed by atoms with Crippen LogP contribution in [-0.4, -0.2) is 93.2 Å². The third kappa shape index (κ3) is 5.60. The van der Waals surface area contributed by atoms with Crippen LogP contribution in [0.25, 0.3) is 0 Å². The highest BCUT2D eigenvalue weighted by Crippen LogP contribution is 2.76. The minimum Gasteiger partial charge on any atom is -0.481 e. The molecule has 10 heteroatoms. The zero-order chi connectivity index (χ0) is 37.5. The van der Waals surface area contributed by atoms with E-state index in [4.69, 9.17) is 14.2 Å². The number of hydrogen-bond donors (Lipinski definition) is 6. The number of allylic oxidation sites excluding steroid dienone is 2. The summed E-state index contributed by atoms with van der Waals surface area (Å²) in [5.74, 6) is -0.593. The number of ether oxygens (including phenoxy) is 3. The Morgan fingerprint density at radius 3 is 2.27 bits per heavy atom. The molecule has 290 valence electrons. The van der Waals surface area contributed by atoms with E-state index in [9.17, 15) is 35.4 Å². The third-order valence-corrected chi connectivity index (χ3v) is 16.4. The average molecular weight is 727 g/mol. The van der Waals surface area contributed by atoms with Gasteiger partial charge in [0.15, 0.2) is 6.29 Å². The van der Waals surface area contributed by atoms with Gasteiger partial charge in [-0.05, 0) is 103 Å². The fourth-order valence-electron chi connectivity index (χ4n) is 13.0. The summed E-state index contributed by atoms with van der Waals surface area (Å²) in [5.41, 5.74) is -0.319. The largest absolute Gasteiger partial charge is 0.481 e. The molecule has 5 aliphatic carbocycles. The number of aliphatic carboxylic acids is 1. The monoisotopic (exact) mass is 726 g/mol. The third-order valence-electron chi connectivity index (χ3n) is 16.4. The molecule has 1 saturated heterocycles. The van der Waals surface area contributed by atoms with Crippen molar-refractivity contribution >= 4 is 5.97 Å². The topological polar surface area (TPSA) is 166 Å². The number of benzene rings is 1. The maximum Gasteiger partial charge on any atom is 0.310 e. The van der Waals surface area contributed by atoms with Crippen LogP contribution in [0.4, 0.5) is 0 Å². The lowest BCUT2D eigenvalue weighted by molar-refractivity contribution is -0.332. The van der Waals surface area contributed by atoms with Crippen LogP contribution in [0, 0.1) is 50.2 Å². The highest BCUT2D eigenvalue weighted by atomic mass is 16.7. The fraction of sp³-hybridized carbons (Fsp3) is 0.786. The van der Waals surface area contributed by atoms with Gasteiger partial charge in [0.2, 0.25) is 0 Å². The van der Waals surface area contributed by atoms with Gasteiger partial charge in [0.1, 0.15) is 18.3 Å². The molecule has 1 aromatic carbocycles. The summed E-state index contributed by atoms with van der Waals surface area (Å²) in [6.07, 6.45) is 2.46. The van der Waals surface area contributed by atoms with Crippen molar-refractivity contribution < 1.29 is 49.6 Å². The van der Waals surface area contributed by atoms with Crippen LogP contribution in [0.1, 0.15) is 98.0 Å². The Morgan fingerprint density at radius 1 is 0.885 bits per heavy atom. The van der Waals surface area contributed by atoms with Gasteiger partial charge in [0.05, 0.1) is 37.4 Å². The predicted molar refractivity (Wildman–Crippen MR) is 193 cm³/mol. The van der Waals surface area contributed by atoms with Gasteiger partial charge in [-0.3, -0.25) is 4.79 Å². The molecule has 6 aliphatic rings. The van der Waals surface area contributed by atoms with Gasteiger partial charge in [-0.25, -0.2) is 0 Å². The van der Waals surface area contributed by atoms with Crippen molar-refractivity contribution in [3.8, 4) is 0 Å². The summed E-state index contributed by atoms with van der Waals surface area (Å²) in [7, 11) is 0. The number of aliphatic hydroxyl groups excluding tert-OH is 5. The van der Waals surface area contributed by atoms with Crippen molar-refractivity contribution in [2.45, 2.75) is 136 Å². The number of carboxylic acid groups (broad SMARTS) is 1. The molecule has 15 atom stereocenters. The minimum absolute atomic E-state index is 0.0218. The quantitative estimate of drug-likeness (QED) is 0.161. The number of carboxylic acids is 1. The first-order chi connectivity index (χ1) is 24.5. The van der Waals surface area contributed by atoms with Crippen LogP contribution in [0.3, 0.4) is 0 Å². The molecule has 5 fully saturated rings. The summed E-state index contributed by atoms with van der Waals surface area (Å²) in [6, 6.07) is 9.93. The Labute approximate surface area is 308 Å². The van der Waals surface area contributed by atoms with Gasteiger partial charge in [0, 0.05) is 12.0 Å². The van der Waals surface area contributed by atoms with Crippen molar-refractivity contribution in [2.75, 3.05) is 19.8 Å². The molecule has 52 heavy (non-hydrogen) atoms. The molecular formula is C42H62O10. The number of aliphatic hydroxyl groups is 5.